The number of fused-ring (bicyclic) bond motifs is 1. The molecule has 0 aliphatic heterocycles. The first-order valence-corrected chi connectivity index (χ1v) is 8.33. The summed E-state index contributed by atoms with van der Waals surface area (Å²) in [6.45, 7) is 10.8. The number of aromatic nitrogens is 3. The van der Waals surface area contributed by atoms with Gasteiger partial charge in [0.15, 0.2) is 5.65 Å². The molecule has 3 rings (SSSR count). The van der Waals surface area contributed by atoms with Crippen molar-refractivity contribution in [2.75, 3.05) is 5.73 Å². The Labute approximate surface area is 142 Å². The normalized spacial score (nSPS) is 11.4. The Morgan fingerprint density at radius 2 is 1.67 bits per heavy atom. The number of hydrogen-bond donors (Lipinski definition) is 2. The van der Waals surface area contributed by atoms with Crippen LogP contribution in [0.25, 0.3) is 16.9 Å². The first kappa shape index (κ1) is 16.5. The number of aryl methyl sites for hydroxylation is 5. The van der Waals surface area contributed by atoms with E-state index in [1.165, 1.54) is 16.7 Å². The molecule has 0 atom stereocenters. The van der Waals surface area contributed by atoms with Gasteiger partial charge in [-0.05, 0) is 45.2 Å². The van der Waals surface area contributed by atoms with Crippen LogP contribution in [-0.4, -0.2) is 14.6 Å². The molecule has 5 heteroatoms. The summed E-state index contributed by atoms with van der Waals surface area (Å²) < 4.78 is 1.73. The van der Waals surface area contributed by atoms with Gasteiger partial charge >= 0.3 is 0 Å². The van der Waals surface area contributed by atoms with E-state index in [-0.39, 0.29) is 0 Å². The van der Waals surface area contributed by atoms with Gasteiger partial charge in [-0.1, -0.05) is 24.6 Å². The van der Waals surface area contributed by atoms with Gasteiger partial charge in [0.1, 0.15) is 5.82 Å². The van der Waals surface area contributed by atoms with Gasteiger partial charge in [-0.25, -0.2) is 4.98 Å². The van der Waals surface area contributed by atoms with Crippen molar-refractivity contribution in [1.29, 1.82) is 0 Å². The molecule has 2 heterocycles. The first-order valence-electron chi connectivity index (χ1n) is 8.33. The summed E-state index contributed by atoms with van der Waals surface area (Å²) in [4.78, 5) is 4.96. The molecule has 3 aromatic rings. The standard InChI is InChI=1S/C19H25N5/c1-6-14-13(5)23-24-18(21)15(9-20)17(22-19(14)24)16-11(3)7-10(2)8-12(16)4/h7-8H,6,9,20-21H2,1-5H3. The van der Waals surface area contributed by atoms with E-state index in [0.717, 1.165) is 40.1 Å². The molecular formula is C19H25N5. The quantitative estimate of drug-likeness (QED) is 0.775. The number of nitrogens with zero attached hydrogens (tertiary/aromatic N) is 3. The molecule has 126 valence electrons. The van der Waals surface area contributed by atoms with Gasteiger partial charge in [0.05, 0.1) is 11.4 Å². The molecule has 5 nitrogen and oxygen atoms in total. The molecule has 2 aromatic heterocycles. The zero-order valence-electron chi connectivity index (χ0n) is 15.1. The van der Waals surface area contributed by atoms with E-state index >= 15 is 0 Å². The summed E-state index contributed by atoms with van der Waals surface area (Å²) in [5.41, 5.74) is 21.8. The Hall–Kier alpha value is -2.40. The van der Waals surface area contributed by atoms with Gasteiger partial charge in [-0.3, -0.25) is 0 Å². The average molecular weight is 323 g/mol. The van der Waals surface area contributed by atoms with Gasteiger partial charge in [0.2, 0.25) is 0 Å². The minimum absolute atomic E-state index is 0.331. The average Bonchev–Trinajstić information content (AvgIpc) is 2.82. The third kappa shape index (κ3) is 2.36. The largest absolute Gasteiger partial charge is 0.383 e. The summed E-state index contributed by atoms with van der Waals surface area (Å²) in [5, 5.41) is 4.56. The number of benzene rings is 1. The Bertz CT molecular complexity index is 914. The van der Waals surface area contributed by atoms with Crippen LogP contribution in [0.2, 0.25) is 0 Å². The molecule has 0 aliphatic rings. The Morgan fingerprint density at radius 1 is 1.04 bits per heavy atom. The van der Waals surface area contributed by atoms with Crippen LogP contribution in [0.1, 0.15) is 40.4 Å². The van der Waals surface area contributed by atoms with Crippen molar-refractivity contribution >= 4 is 11.5 Å². The Balaban J connectivity index is 2.44. The molecule has 0 unspecified atom stereocenters. The van der Waals surface area contributed by atoms with E-state index < -0.39 is 0 Å². The SMILES string of the molecule is CCc1c(C)nn2c(N)c(CN)c(-c3c(C)cc(C)cc3C)nc12. The second-order valence-electron chi connectivity index (χ2n) is 6.45. The lowest BCUT2D eigenvalue weighted by atomic mass is 9.94. The summed E-state index contributed by atoms with van der Waals surface area (Å²) in [7, 11) is 0. The third-order valence-corrected chi connectivity index (χ3v) is 4.67. The van der Waals surface area contributed by atoms with Gasteiger partial charge < -0.3 is 11.5 Å². The lowest BCUT2D eigenvalue weighted by Gasteiger charge is -2.16. The summed E-state index contributed by atoms with van der Waals surface area (Å²) >= 11 is 0. The highest BCUT2D eigenvalue weighted by molar-refractivity contribution is 5.77. The molecule has 0 saturated carbocycles. The maximum Gasteiger partial charge on any atom is 0.161 e. The minimum atomic E-state index is 0.331. The number of nitrogens with two attached hydrogens (primary N) is 2. The topological polar surface area (TPSA) is 82.2 Å². The van der Waals surface area contributed by atoms with Gasteiger partial charge in [-0.15, -0.1) is 0 Å². The highest BCUT2D eigenvalue weighted by Crippen LogP contribution is 2.33. The molecule has 0 bridgehead atoms. The maximum atomic E-state index is 6.42. The fourth-order valence-corrected chi connectivity index (χ4v) is 3.63. The summed E-state index contributed by atoms with van der Waals surface area (Å²) in [6, 6.07) is 4.35. The van der Waals surface area contributed by atoms with Crippen molar-refractivity contribution in [3.63, 3.8) is 0 Å². The van der Waals surface area contributed by atoms with Crippen LogP contribution in [0.15, 0.2) is 12.1 Å². The predicted octanol–water partition coefficient (Wildman–Crippen LogP) is 3.23. The second kappa shape index (κ2) is 5.91. The number of anilines is 1. The molecule has 0 saturated heterocycles. The molecule has 0 fully saturated rings. The van der Waals surface area contributed by atoms with Crippen molar-refractivity contribution in [1.82, 2.24) is 14.6 Å². The molecule has 4 N–H and O–H groups in total. The van der Waals surface area contributed by atoms with Crippen LogP contribution in [0, 0.1) is 27.7 Å². The van der Waals surface area contributed by atoms with Crippen LogP contribution >= 0.6 is 0 Å². The van der Waals surface area contributed by atoms with Gasteiger partial charge in [0.25, 0.3) is 0 Å². The zero-order chi connectivity index (χ0) is 17.6. The lowest BCUT2D eigenvalue weighted by Crippen LogP contribution is -2.12. The molecule has 24 heavy (non-hydrogen) atoms. The Morgan fingerprint density at radius 3 is 2.21 bits per heavy atom. The summed E-state index contributed by atoms with van der Waals surface area (Å²) in [6.07, 6.45) is 0.870. The third-order valence-electron chi connectivity index (χ3n) is 4.67. The maximum absolute atomic E-state index is 6.42. The van der Waals surface area contributed by atoms with Gasteiger partial charge in [0, 0.05) is 23.2 Å². The van der Waals surface area contributed by atoms with Crippen LogP contribution in [-0.2, 0) is 13.0 Å². The van der Waals surface area contributed by atoms with Crippen molar-refractivity contribution < 1.29 is 0 Å². The van der Waals surface area contributed by atoms with Crippen LogP contribution in [0.4, 0.5) is 5.82 Å². The molecule has 0 spiro atoms. The summed E-state index contributed by atoms with van der Waals surface area (Å²) in [5.74, 6) is 0.583. The zero-order valence-corrected chi connectivity index (χ0v) is 15.1. The molecule has 0 amide bonds. The predicted molar refractivity (Wildman–Crippen MR) is 99.1 cm³/mol. The van der Waals surface area contributed by atoms with E-state index in [2.05, 4.69) is 44.9 Å². The van der Waals surface area contributed by atoms with Gasteiger partial charge in [-0.2, -0.15) is 9.61 Å². The second-order valence-corrected chi connectivity index (χ2v) is 6.45. The fourth-order valence-electron chi connectivity index (χ4n) is 3.63. The highest BCUT2D eigenvalue weighted by atomic mass is 15.3. The highest BCUT2D eigenvalue weighted by Gasteiger charge is 2.20. The van der Waals surface area contributed by atoms with Crippen LogP contribution < -0.4 is 11.5 Å². The first-order chi connectivity index (χ1) is 11.4. The van der Waals surface area contributed by atoms with E-state index in [9.17, 15) is 0 Å². The monoisotopic (exact) mass is 323 g/mol. The van der Waals surface area contributed by atoms with Crippen molar-refractivity contribution in [2.45, 2.75) is 47.6 Å². The number of hydrogen-bond acceptors (Lipinski definition) is 4. The molecule has 0 aliphatic carbocycles. The van der Waals surface area contributed by atoms with Crippen molar-refractivity contribution in [2.24, 2.45) is 5.73 Å². The smallest absolute Gasteiger partial charge is 0.161 e. The lowest BCUT2D eigenvalue weighted by molar-refractivity contribution is 0.903. The van der Waals surface area contributed by atoms with Crippen LogP contribution in [0.3, 0.4) is 0 Å². The molecule has 0 radical (unpaired) electrons. The minimum Gasteiger partial charge on any atom is -0.383 e. The Kier molecular flexibility index (Phi) is 4.05. The fraction of sp³-hybridized carbons (Fsp3) is 0.368. The number of rotatable bonds is 3. The van der Waals surface area contributed by atoms with E-state index in [0.29, 0.717) is 12.4 Å². The van der Waals surface area contributed by atoms with Crippen molar-refractivity contribution in [3.05, 3.63) is 45.6 Å². The van der Waals surface area contributed by atoms with Crippen molar-refractivity contribution in [3.8, 4) is 11.3 Å². The van der Waals surface area contributed by atoms with E-state index in [1.807, 2.05) is 6.92 Å². The molecule has 1 aromatic carbocycles. The number of nitrogen functional groups attached to an aromatic ring is 1. The molecular weight excluding hydrogens is 298 g/mol. The van der Waals surface area contributed by atoms with Crippen LogP contribution in [0.5, 0.6) is 0 Å². The van der Waals surface area contributed by atoms with E-state index in [1.54, 1.807) is 4.52 Å². The van der Waals surface area contributed by atoms with E-state index in [4.69, 9.17) is 16.5 Å².